The molecular weight excluding hydrogens is 324 g/mol. The maximum absolute atomic E-state index is 12.3. The van der Waals surface area contributed by atoms with Gasteiger partial charge in [-0.1, -0.05) is 6.92 Å². The lowest BCUT2D eigenvalue weighted by Crippen LogP contribution is -2.46. The van der Waals surface area contributed by atoms with Crippen molar-refractivity contribution < 1.29 is 23.4 Å². The summed E-state index contributed by atoms with van der Waals surface area (Å²) in [5, 5.41) is 0.808. The van der Waals surface area contributed by atoms with Crippen LogP contribution in [0.5, 0.6) is 5.75 Å². The lowest BCUT2D eigenvalue weighted by atomic mass is 9.88. The Balaban J connectivity index is 1.71. The highest BCUT2D eigenvalue weighted by Gasteiger charge is 2.38. The molecule has 0 unspecified atom stereocenters. The van der Waals surface area contributed by atoms with Gasteiger partial charge in [0.25, 0.3) is 0 Å². The lowest BCUT2D eigenvalue weighted by Gasteiger charge is -2.40. The summed E-state index contributed by atoms with van der Waals surface area (Å²) in [5.41, 5.74) is 0.343. The van der Waals surface area contributed by atoms with Crippen LogP contribution < -0.4 is 10.4 Å². The zero-order valence-corrected chi connectivity index (χ0v) is 14.9. The van der Waals surface area contributed by atoms with Gasteiger partial charge in [-0.25, -0.2) is 4.79 Å². The highest BCUT2D eigenvalue weighted by molar-refractivity contribution is 5.82. The molecule has 1 saturated heterocycles. The van der Waals surface area contributed by atoms with Gasteiger partial charge in [-0.05, 0) is 38.5 Å². The molecule has 0 spiro atoms. The molecule has 0 atom stereocenters. The molecule has 6 nitrogen and oxygen atoms in total. The molecule has 0 N–H and O–H groups in total. The SMILES string of the molecule is Cc1cc(=O)oc2cc(OC(=O)CC3(C)COC(C)(C)OC3)ccc12. The molecule has 0 aliphatic carbocycles. The van der Waals surface area contributed by atoms with E-state index < -0.39 is 16.8 Å². The van der Waals surface area contributed by atoms with Gasteiger partial charge in [0.1, 0.15) is 11.3 Å². The van der Waals surface area contributed by atoms with E-state index in [1.54, 1.807) is 18.2 Å². The predicted molar refractivity (Wildman–Crippen MR) is 91.6 cm³/mol. The maximum atomic E-state index is 12.3. The number of fused-ring (bicyclic) bond motifs is 1. The highest BCUT2D eigenvalue weighted by atomic mass is 16.7. The number of esters is 1. The van der Waals surface area contributed by atoms with E-state index >= 15 is 0 Å². The first-order chi connectivity index (χ1) is 11.7. The normalized spacial score (nSPS) is 18.9. The van der Waals surface area contributed by atoms with E-state index in [2.05, 4.69) is 0 Å². The van der Waals surface area contributed by atoms with E-state index in [1.807, 2.05) is 27.7 Å². The molecular formula is C19H22O6. The summed E-state index contributed by atoms with van der Waals surface area (Å²) in [6, 6.07) is 6.44. The molecule has 6 heteroatoms. The fourth-order valence-electron chi connectivity index (χ4n) is 2.77. The molecule has 0 amide bonds. The van der Waals surface area contributed by atoms with Gasteiger partial charge in [-0.2, -0.15) is 0 Å². The molecule has 1 aliphatic rings. The summed E-state index contributed by atoms with van der Waals surface area (Å²) in [6.07, 6.45) is 0.166. The van der Waals surface area contributed by atoms with Gasteiger partial charge in [-0.15, -0.1) is 0 Å². The first kappa shape index (κ1) is 17.6. The van der Waals surface area contributed by atoms with Gasteiger partial charge in [-0.3, -0.25) is 4.79 Å². The van der Waals surface area contributed by atoms with Gasteiger partial charge in [0.2, 0.25) is 0 Å². The van der Waals surface area contributed by atoms with Crippen molar-refractivity contribution in [2.45, 2.75) is 39.9 Å². The summed E-state index contributed by atoms with van der Waals surface area (Å²) >= 11 is 0. The fourth-order valence-corrected chi connectivity index (χ4v) is 2.77. The number of rotatable bonds is 3. The van der Waals surface area contributed by atoms with Crippen LogP contribution in [0, 0.1) is 12.3 Å². The van der Waals surface area contributed by atoms with E-state index in [1.165, 1.54) is 6.07 Å². The van der Waals surface area contributed by atoms with Crippen molar-refractivity contribution in [1.82, 2.24) is 0 Å². The molecule has 134 valence electrons. The Morgan fingerprint density at radius 3 is 2.52 bits per heavy atom. The van der Waals surface area contributed by atoms with Crippen molar-refractivity contribution in [3.05, 3.63) is 40.2 Å². The van der Waals surface area contributed by atoms with Crippen molar-refractivity contribution in [2.24, 2.45) is 5.41 Å². The molecule has 0 bridgehead atoms. The average molecular weight is 346 g/mol. The largest absolute Gasteiger partial charge is 0.426 e. The van der Waals surface area contributed by atoms with Crippen molar-refractivity contribution in [3.63, 3.8) is 0 Å². The van der Waals surface area contributed by atoms with Gasteiger partial charge < -0.3 is 18.6 Å². The van der Waals surface area contributed by atoms with Gasteiger partial charge in [0.15, 0.2) is 5.79 Å². The molecule has 1 aliphatic heterocycles. The quantitative estimate of drug-likeness (QED) is 0.483. The van der Waals surface area contributed by atoms with Gasteiger partial charge >= 0.3 is 11.6 Å². The van der Waals surface area contributed by atoms with Crippen LogP contribution in [0.4, 0.5) is 0 Å². The van der Waals surface area contributed by atoms with Crippen molar-refractivity contribution in [1.29, 1.82) is 0 Å². The number of hydrogen-bond acceptors (Lipinski definition) is 6. The second kappa shape index (κ2) is 6.28. The minimum absolute atomic E-state index is 0.166. The highest BCUT2D eigenvalue weighted by Crippen LogP contribution is 2.33. The number of aryl methyl sites for hydroxylation is 1. The van der Waals surface area contributed by atoms with Gasteiger partial charge in [0.05, 0.1) is 19.6 Å². The number of carbonyl (C=O) groups excluding carboxylic acids is 1. The first-order valence-corrected chi connectivity index (χ1v) is 8.19. The van der Waals surface area contributed by atoms with Crippen LogP contribution in [0.25, 0.3) is 11.0 Å². The molecule has 1 aromatic heterocycles. The van der Waals surface area contributed by atoms with Crippen LogP contribution in [0.15, 0.2) is 33.5 Å². The van der Waals surface area contributed by atoms with Crippen LogP contribution in [-0.4, -0.2) is 25.0 Å². The molecule has 2 aromatic rings. The van der Waals surface area contributed by atoms with E-state index in [-0.39, 0.29) is 12.4 Å². The van der Waals surface area contributed by atoms with Crippen LogP contribution in [0.1, 0.15) is 32.8 Å². The summed E-state index contributed by atoms with van der Waals surface area (Å²) in [5.74, 6) is -0.673. The Hall–Kier alpha value is -2.18. The minimum atomic E-state index is -0.628. The summed E-state index contributed by atoms with van der Waals surface area (Å²) in [7, 11) is 0. The number of ether oxygens (including phenoxy) is 3. The Bertz CT molecular complexity index is 854. The summed E-state index contributed by atoms with van der Waals surface area (Å²) < 4.78 is 21.9. The van der Waals surface area contributed by atoms with E-state index in [0.717, 1.165) is 10.9 Å². The Kier molecular flexibility index (Phi) is 4.43. The van der Waals surface area contributed by atoms with E-state index in [9.17, 15) is 9.59 Å². The van der Waals surface area contributed by atoms with Crippen LogP contribution >= 0.6 is 0 Å². The third-order valence-electron chi connectivity index (χ3n) is 4.26. The first-order valence-electron chi connectivity index (χ1n) is 8.19. The van der Waals surface area contributed by atoms with Crippen molar-refractivity contribution in [2.75, 3.05) is 13.2 Å². The molecule has 25 heavy (non-hydrogen) atoms. The average Bonchev–Trinajstić information content (AvgIpc) is 2.50. The number of carbonyl (C=O) groups is 1. The lowest BCUT2D eigenvalue weighted by molar-refractivity contribution is -0.282. The molecule has 3 rings (SSSR count). The van der Waals surface area contributed by atoms with Crippen LogP contribution in [0.2, 0.25) is 0 Å². The number of benzene rings is 1. The zero-order valence-electron chi connectivity index (χ0n) is 14.9. The van der Waals surface area contributed by atoms with E-state index in [0.29, 0.717) is 24.5 Å². The molecule has 1 fully saturated rings. The summed E-state index contributed by atoms with van der Waals surface area (Å²) in [6.45, 7) is 8.27. The molecule has 0 saturated carbocycles. The molecule has 1 aromatic carbocycles. The second-order valence-corrected chi connectivity index (χ2v) is 7.35. The van der Waals surface area contributed by atoms with Crippen molar-refractivity contribution >= 4 is 16.9 Å². The van der Waals surface area contributed by atoms with Gasteiger partial charge in [0, 0.05) is 22.9 Å². The second-order valence-electron chi connectivity index (χ2n) is 7.35. The van der Waals surface area contributed by atoms with Crippen LogP contribution in [0.3, 0.4) is 0 Å². The van der Waals surface area contributed by atoms with Crippen LogP contribution in [-0.2, 0) is 14.3 Å². The monoisotopic (exact) mass is 346 g/mol. The summed E-state index contributed by atoms with van der Waals surface area (Å²) in [4.78, 5) is 23.8. The minimum Gasteiger partial charge on any atom is -0.426 e. The molecule has 2 heterocycles. The number of hydrogen-bond donors (Lipinski definition) is 0. The standard InChI is InChI=1S/C19H22O6/c1-12-7-16(20)25-15-8-13(5-6-14(12)15)24-17(21)9-19(4)10-22-18(2,3)23-11-19/h5-8H,9-11H2,1-4H3. The van der Waals surface area contributed by atoms with Crippen molar-refractivity contribution in [3.8, 4) is 5.75 Å². The Morgan fingerprint density at radius 1 is 1.16 bits per heavy atom. The fraction of sp³-hybridized carbons (Fsp3) is 0.474. The third-order valence-corrected chi connectivity index (χ3v) is 4.26. The Morgan fingerprint density at radius 2 is 1.84 bits per heavy atom. The maximum Gasteiger partial charge on any atom is 0.336 e. The van der Waals surface area contributed by atoms with E-state index in [4.69, 9.17) is 18.6 Å². The topological polar surface area (TPSA) is 75.0 Å². The third kappa shape index (κ3) is 4.08. The molecule has 0 radical (unpaired) electrons. The smallest absolute Gasteiger partial charge is 0.336 e. The zero-order chi connectivity index (χ0) is 18.2. The Labute approximate surface area is 145 Å². The predicted octanol–water partition coefficient (Wildman–Crippen LogP) is 3.19.